The SMILES string of the molecule is Cc1cccnc1CN(CC(=O)O)C1CC1. The Morgan fingerprint density at radius 1 is 1.62 bits per heavy atom. The summed E-state index contributed by atoms with van der Waals surface area (Å²) in [7, 11) is 0. The third-order valence-corrected chi connectivity index (χ3v) is 2.87. The van der Waals surface area contributed by atoms with Gasteiger partial charge in [0.2, 0.25) is 0 Å². The highest BCUT2D eigenvalue weighted by Gasteiger charge is 2.30. The number of aryl methyl sites for hydroxylation is 1. The third-order valence-electron chi connectivity index (χ3n) is 2.87. The predicted molar refractivity (Wildman–Crippen MR) is 60.0 cm³/mol. The van der Waals surface area contributed by atoms with Crippen molar-refractivity contribution in [3.8, 4) is 0 Å². The van der Waals surface area contributed by atoms with E-state index in [1.165, 1.54) is 0 Å². The van der Waals surface area contributed by atoms with Crippen LogP contribution in [0.15, 0.2) is 18.3 Å². The molecule has 4 nitrogen and oxygen atoms in total. The van der Waals surface area contributed by atoms with Crippen molar-refractivity contribution in [2.75, 3.05) is 6.54 Å². The zero-order chi connectivity index (χ0) is 11.5. The summed E-state index contributed by atoms with van der Waals surface area (Å²) in [6.07, 6.45) is 3.98. The predicted octanol–water partition coefficient (Wildman–Crippen LogP) is 1.44. The van der Waals surface area contributed by atoms with Crippen molar-refractivity contribution in [3.63, 3.8) is 0 Å². The second kappa shape index (κ2) is 4.61. The fourth-order valence-electron chi connectivity index (χ4n) is 1.80. The first-order chi connectivity index (χ1) is 7.66. The van der Waals surface area contributed by atoms with Crippen LogP contribution in [0.5, 0.6) is 0 Å². The van der Waals surface area contributed by atoms with Gasteiger partial charge in [-0.3, -0.25) is 14.7 Å². The standard InChI is InChI=1S/C12H16N2O2/c1-9-3-2-6-13-11(9)7-14(8-12(15)16)10-4-5-10/h2-3,6,10H,4-5,7-8H2,1H3,(H,15,16). The quantitative estimate of drug-likeness (QED) is 0.815. The second-order valence-electron chi connectivity index (χ2n) is 4.30. The largest absolute Gasteiger partial charge is 0.480 e. The van der Waals surface area contributed by atoms with Crippen LogP contribution in [0.1, 0.15) is 24.1 Å². The maximum absolute atomic E-state index is 10.8. The van der Waals surface area contributed by atoms with Crippen molar-refractivity contribution in [1.29, 1.82) is 0 Å². The number of carbonyl (C=O) groups is 1. The van der Waals surface area contributed by atoms with E-state index < -0.39 is 5.97 Å². The summed E-state index contributed by atoms with van der Waals surface area (Å²) in [5.41, 5.74) is 2.11. The average molecular weight is 220 g/mol. The van der Waals surface area contributed by atoms with E-state index in [-0.39, 0.29) is 6.54 Å². The number of aliphatic carboxylic acids is 1. The number of hydrogen-bond acceptors (Lipinski definition) is 3. The first-order valence-electron chi connectivity index (χ1n) is 5.53. The molecule has 16 heavy (non-hydrogen) atoms. The van der Waals surface area contributed by atoms with Crippen molar-refractivity contribution in [2.24, 2.45) is 0 Å². The Morgan fingerprint density at radius 2 is 2.38 bits per heavy atom. The number of nitrogens with zero attached hydrogens (tertiary/aromatic N) is 2. The first-order valence-corrected chi connectivity index (χ1v) is 5.53. The molecule has 1 aromatic rings. The molecule has 0 spiro atoms. The van der Waals surface area contributed by atoms with Crippen LogP contribution in [0.3, 0.4) is 0 Å². The molecule has 1 heterocycles. The van der Waals surface area contributed by atoms with E-state index in [9.17, 15) is 4.79 Å². The number of carboxylic acid groups (broad SMARTS) is 1. The van der Waals surface area contributed by atoms with Gasteiger partial charge in [0.05, 0.1) is 12.2 Å². The second-order valence-corrected chi connectivity index (χ2v) is 4.30. The molecule has 0 aliphatic heterocycles. The van der Waals surface area contributed by atoms with Crippen molar-refractivity contribution >= 4 is 5.97 Å². The number of pyridine rings is 1. The number of rotatable bonds is 5. The van der Waals surface area contributed by atoms with E-state index in [0.717, 1.165) is 24.1 Å². The highest BCUT2D eigenvalue weighted by Crippen LogP contribution is 2.28. The van der Waals surface area contributed by atoms with Crippen molar-refractivity contribution in [3.05, 3.63) is 29.6 Å². The molecule has 1 fully saturated rings. The van der Waals surface area contributed by atoms with E-state index in [1.54, 1.807) is 6.20 Å². The number of aromatic nitrogens is 1. The molecule has 0 radical (unpaired) electrons. The molecule has 86 valence electrons. The lowest BCUT2D eigenvalue weighted by molar-refractivity contribution is -0.138. The fraction of sp³-hybridized carbons (Fsp3) is 0.500. The van der Waals surface area contributed by atoms with E-state index in [1.807, 2.05) is 24.0 Å². The highest BCUT2D eigenvalue weighted by atomic mass is 16.4. The normalized spacial score (nSPS) is 15.4. The molecular formula is C12H16N2O2. The molecule has 0 amide bonds. The van der Waals surface area contributed by atoms with Crippen molar-refractivity contribution in [1.82, 2.24) is 9.88 Å². The summed E-state index contributed by atoms with van der Waals surface area (Å²) in [6, 6.07) is 4.35. The molecule has 0 bridgehead atoms. The molecule has 1 N–H and O–H groups in total. The summed E-state index contributed by atoms with van der Waals surface area (Å²) >= 11 is 0. The topological polar surface area (TPSA) is 53.4 Å². The molecule has 0 aromatic carbocycles. The maximum atomic E-state index is 10.8. The zero-order valence-corrected chi connectivity index (χ0v) is 9.39. The van der Waals surface area contributed by atoms with Crippen LogP contribution in [0.2, 0.25) is 0 Å². The van der Waals surface area contributed by atoms with Crippen LogP contribution < -0.4 is 0 Å². The minimum Gasteiger partial charge on any atom is -0.480 e. The van der Waals surface area contributed by atoms with E-state index in [0.29, 0.717) is 12.6 Å². The van der Waals surface area contributed by atoms with Gasteiger partial charge in [-0.25, -0.2) is 0 Å². The zero-order valence-electron chi connectivity index (χ0n) is 9.39. The van der Waals surface area contributed by atoms with Crippen LogP contribution in [0.25, 0.3) is 0 Å². The van der Waals surface area contributed by atoms with Crippen LogP contribution in [-0.4, -0.2) is 33.5 Å². The molecule has 1 aliphatic rings. The Morgan fingerprint density at radius 3 is 2.94 bits per heavy atom. The minimum absolute atomic E-state index is 0.112. The van der Waals surface area contributed by atoms with Crippen LogP contribution in [0.4, 0.5) is 0 Å². The average Bonchev–Trinajstić information content (AvgIpc) is 3.03. The smallest absolute Gasteiger partial charge is 0.317 e. The van der Waals surface area contributed by atoms with Gasteiger partial charge < -0.3 is 5.11 Å². The maximum Gasteiger partial charge on any atom is 0.317 e. The van der Waals surface area contributed by atoms with Crippen LogP contribution in [0, 0.1) is 6.92 Å². The summed E-state index contributed by atoms with van der Waals surface area (Å²) in [4.78, 5) is 17.1. The van der Waals surface area contributed by atoms with Gasteiger partial charge in [0.1, 0.15) is 0 Å². The van der Waals surface area contributed by atoms with Crippen molar-refractivity contribution < 1.29 is 9.90 Å². The third kappa shape index (κ3) is 2.79. The summed E-state index contributed by atoms with van der Waals surface area (Å²) in [5.74, 6) is -0.763. The molecule has 1 aliphatic carbocycles. The Bertz CT molecular complexity index is 388. The molecule has 1 aromatic heterocycles. The Kier molecular flexibility index (Phi) is 3.19. The molecular weight excluding hydrogens is 204 g/mol. The Hall–Kier alpha value is -1.42. The lowest BCUT2D eigenvalue weighted by atomic mass is 10.2. The van der Waals surface area contributed by atoms with Crippen molar-refractivity contribution in [2.45, 2.75) is 32.4 Å². The van der Waals surface area contributed by atoms with E-state index >= 15 is 0 Å². The molecule has 0 saturated heterocycles. The first kappa shape index (κ1) is 11.1. The highest BCUT2D eigenvalue weighted by molar-refractivity contribution is 5.69. The molecule has 0 atom stereocenters. The Labute approximate surface area is 94.9 Å². The van der Waals surface area contributed by atoms with Crippen LogP contribution >= 0.6 is 0 Å². The molecule has 2 rings (SSSR count). The molecule has 0 unspecified atom stereocenters. The lowest BCUT2D eigenvalue weighted by Gasteiger charge is -2.19. The minimum atomic E-state index is -0.763. The molecule has 1 saturated carbocycles. The summed E-state index contributed by atoms with van der Waals surface area (Å²) < 4.78 is 0. The summed E-state index contributed by atoms with van der Waals surface area (Å²) in [6.45, 7) is 2.76. The van der Waals surface area contributed by atoms with Gasteiger partial charge in [-0.2, -0.15) is 0 Å². The van der Waals surface area contributed by atoms with Gasteiger partial charge in [0.15, 0.2) is 0 Å². The fourth-order valence-corrected chi connectivity index (χ4v) is 1.80. The number of hydrogen-bond donors (Lipinski definition) is 1. The summed E-state index contributed by atoms with van der Waals surface area (Å²) in [5, 5.41) is 8.85. The van der Waals surface area contributed by atoms with Gasteiger partial charge in [0, 0.05) is 18.8 Å². The monoisotopic (exact) mass is 220 g/mol. The van der Waals surface area contributed by atoms with E-state index in [2.05, 4.69) is 4.98 Å². The Balaban J connectivity index is 2.05. The van der Waals surface area contributed by atoms with Gasteiger partial charge in [0.25, 0.3) is 0 Å². The van der Waals surface area contributed by atoms with Gasteiger partial charge in [-0.05, 0) is 31.4 Å². The van der Waals surface area contributed by atoms with Gasteiger partial charge in [-0.1, -0.05) is 6.07 Å². The lowest BCUT2D eigenvalue weighted by Crippen LogP contribution is -2.31. The van der Waals surface area contributed by atoms with E-state index in [4.69, 9.17) is 5.11 Å². The van der Waals surface area contributed by atoms with Crippen LogP contribution in [-0.2, 0) is 11.3 Å². The van der Waals surface area contributed by atoms with Gasteiger partial charge >= 0.3 is 5.97 Å². The van der Waals surface area contributed by atoms with Gasteiger partial charge in [-0.15, -0.1) is 0 Å². The number of carboxylic acids is 1. The molecule has 4 heteroatoms.